The quantitative estimate of drug-likeness (QED) is 0.808. The molecule has 1 aliphatic rings. The van der Waals surface area contributed by atoms with Crippen LogP contribution in [0.15, 0.2) is 42.7 Å². The van der Waals surface area contributed by atoms with Gasteiger partial charge in [-0.05, 0) is 61.1 Å². The lowest BCUT2D eigenvalue weighted by molar-refractivity contribution is -0.131. The van der Waals surface area contributed by atoms with Crippen molar-refractivity contribution in [3.63, 3.8) is 0 Å². The van der Waals surface area contributed by atoms with Crippen LogP contribution in [0.4, 0.5) is 4.39 Å². The number of hydrogen-bond acceptors (Lipinski definition) is 3. The van der Waals surface area contributed by atoms with Crippen molar-refractivity contribution in [2.75, 3.05) is 13.7 Å². The van der Waals surface area contributed by atoms with E-state index in [2.05, 4.69) is 4.98 Å². The monoisotopic (exact) mass is 342 g/mol. The first kappa shape index (κ1) is 17.4. The van der Waals surface area contributed by atoms with Gasteiger partial charge in [0.2, 0.25) is 5.91 Å². The van der Waals surface area contributed by atoms with Crippen LogP contribution in [0.1, 0.15) is 30.4 Å². The molecule has 3 rings (SSSR count). The number of rotatable bonds is 6. The second-order valence-corrected chi connectivity index (χ2v) is 6.42. The van der Waals surface area contributed by atoms with Gasteiger partial charge in [0, 0.05) is 25.0 Å². The normalized spacial score (nSPS) is 16.9. The Morgan fingerprint density at radius 2 is 2.08 bits per heavy atom. The minimum absolute atomic E-state index is 0.0711. The number of ether oxygens (including phenoxy) is 1. The van der Waals surface area contributed by atoms with Gasteiger partial charge in [0.1, 0.15) is 0 Å². The summed E-state index contributed by atoms with van der Waals surface area (Å²) in [4.78, 5) is 18.7. The van der Waals surface area contributed by atoms with E-state index in [-0.39, 0.29) is 24.1 Å². The van der Waals surface area contributed by atoms with Gasteiger partial charge in [-0.25, -0.2) is 4.39 Å². The molecule has 0 aliphatic carbocycles. The summed E-state index contributed by atoms with van der Waals surface area (Å²) in [6, 6.07) is 9.01. The van der Waals surface area contributed by atoms with Crippen LogP contribution in [0.2, 0.25) is 0 Å². The second kappa shape index (κ2) is 8.10. The van der Waals surface area contributed by atoms with Gasteiger partial charge in [-0.3, -0.25) is 9.78 Å². The van der Waals surface area contributed by atoms with Crippen molar-refractivity contribution in [3.8, 4) is 5.75 Å². The molecule has 25 heavy (non-hydrogen) atoms. The van der Waals surface area contributed by atoms with Gasteiger partial charge in [0.15, 0.2) is 11.6 Å². The van der Waals surface area contributed by atoms with Gasteiger partial charge in [-0.2, -0.15) is 0 Å². The maximum Gasteiger partial charge on any atom is 0.227 e. The molecule has 1 fully saturated rings. The Hall–Kier alpha value is -2.43. The fraction of sp³-hybridized carbons (Fsp3) is 0.400. The minimum atomic E-state index is -0.427. The third-order valence-electron chi connectivity index (χ3n) is 4.78. The lowest BCUT2D eigenvalue weighted by Gasteiger charge is -2.25. The summed E-state index contributed by atoms with van der Waals surface area (Å²) in [5.41, 5.74) is 1.93. The molecule has 5 heteroatoms. The summed E-state index contributed by atoms with van der Waals surface area (Å²) < 4.78 is 18.7. The lowest BCUT2D eigenvalue weighted by Crippen LogP contribution is -2.36. The SMILES string of the molecule is COc1ccc(CC(=O)N2CCC[C@@H]2CCc2ccncc2)cc1F. The molecule has 1 aliphatic heterocycles. The van der Waals surface area contributed by atoms with E-state index in [1.54, 1.807) is 24.5 Å². The minimum Gasteiger partial charge on any atom is -0.494 e. The molecule has 2 aromatic rings. The van der Waals surface area contributed by atoms with Crippen LogP contribution in [0.5, 0.6) is 5.75 Å². The highest BCUT2D eigenvalue weighted by molar-refractivity contribution is 5.79. The first-order valence-electron chi connectivity index (χ1n) is 8.68. The number of aromatic nitrogens is 1. The van der Waals surface area contributed by atoms with Crippen LogP contribution in [0.25, 0.3) is 0 Å². The van der Waals surface area contributed by atoms with E-state index in [1.807, 2.05) is 17.0 Å². The van der Waals surface area contributed by atoms with E-state index >= 15 is 0 Å². The van der Waals surface area contributed by atoms with Crippen LogP contribution in [0, 0.1) is 5.82 Å². The van der Waals surface area contributed by atoms with E-state index in [4.69, 9.17) is 4.74 Å². The fourth-order valence-electron chi connectivity index (χ4n) is 3.44. The van der Waals surface area contributed by atoms with Crippen molar-refractivity contribution in [2.45, 2.75) is 38.1 Å². The molecular weight excluding hydrogens is 319 g/mol. The molecule has 1 amide bonds. The molecule has 1 saturated heterocycles. The van der Waals surface area contributed by atoms with E-state index in [0.29, 0.717) is 5.56 Å². The molecule has 0 radical (unpaired) electrons. The van der Waals surface area contributed by atoms with Crippen molar-refractivity contribution in [2.24, 2.45) is 0 Å². The lowest BCUT2D eigenvalue weighted by atomic mass is 10.0. The maximum absolute atomic E-state index is 13.8. The average molecular weight is 342 g/mol. The molecule has 2 heterocycles. The van der Waals surface area contributed by atoms with Crippen molar-refractivity contribution in [3.05, 3.63) is 59.7 Å². The Balaban J connectivity index is 1.59. The molecule has 4 nitrogen and oxygen atoms in total. The van der Waals surface area contributed by atoms with Crippen molar-refractivity contribution >= 4 is 5.91 Å². The zero-order valence-electron chi connectivity index (χ0n) is 14.5. The first-order chi connectivity index (χ1) is 12.2. The van der Waals surface area contributed by atoms with Crippen LogP contribution in [0.3, 0.4) is 0 Å². The number of nitrogens with zero attached hydrogens (tertiary/aromatic N) is 2. The highest BCUT2D eigenvalue weighted by Gasteiger charge is 2.28. The zero-order valence-corrected chi connectivity index (χ0v) is 14.5. The predicted octanol–water partition coefficient (Wildman–Crippen LogP) is 3.40. The van der Waals surface area contributed by atoms with Crippen LogP contribution >= 0.6 is 0 Å². The van der Waals surface area contributed by atoms with Crippen LogP contribution < -0.4 is 4.74 Å². The third-order valence-corrected chi connectivity index (χ3v) is 4.78. The topological polar surface area (TPSA) is 42.4 Å². The van der Waals surface area contributed by atoms with Crippen molar-refractivity contribution in [1.29, 1.82) is 0 Å². The molecule has 1 aromatic heterocycles. The summed E-state index contributed by atoms with van der Waals surface area (Å²) in [5.74, 6) is -0.155. The standard InChI is InChI=1S/C20H23FN2O2/c1-25-19-7-5-16(13-18(19)21)14-20(24)23-12-2-3-17(23)6-4-15-8-10-22-11-9-15/h5,7-11,13,17H,2-4,6,12,14H2,1H3/t17-/m1/s1. The summed E-state index contributed by atoms with van der Waals surface area (Å²) in [5, 5.41) is 0. The summed E-state index contributed by atoms with van der Waals surface area (Å²) in [6.07, 6.45) is 7.78. The number of likely N-dealkylation sites (tertiary alicyclic amines) is 1. The Kier molecular flexibility index (Phi) is 5.64. The number of pyridine rings is 1. The number of benzene rings is 1. The number of amides is 1. The summed E-state index contributed by atoms with van der Waals surface area (Å²) in [7, 11) is 1.43. The van der Waals surface area contributed by atoms with Gasteiger partial charge in [-0.1, -0.05) is 6.07 Å². The second-order valence-electron chi connectivity index (χ2n) is 6.42. The van der Waals surface area contributed by atoms with Crippen LogP contribution in [-0.2, 0) is 17.6 Å². The van der Waals surface area contributed by atoms with E-state index in [0.717, 1.165) is 32.2 Å². The zero-order chi connectivity index (χ0) is 17.6. The van der Waals surface area contributed by atoms with E-state index in [1.165, 1.54) is 18.7 Å². The number of carbonyl (C=O) groups is 1. The molecular formula is C20H23FN2O2. The number of aryl methyl sites for hydroxylation is 1. The first-order valence-corrected chi connectivity index (χ1v) is 8.68. The summed E-state index contributed by atoms with van der Waals surface area (Å²) >= 11 is 0. The molecule has 132 valence electrons. The largest absolute Gasteiger partial charge is 0.494 e. The number of halogens is 1. The highest BCUT2D eigenvalue weighted by atomic mass is 19.1. The Labute approximate surface area is 147 Å². The third kappa shape index (κ3) is 4.35. The molecule has 0 bridgehead atoms. The molecule has 0 saturated carbocycles. The smallest absolute Gasteiger partial charge is 0.227 e. The molecule has 1 atom stereocenters. The fourth-order valence-corrected chi connectivity index (χ4v) is 3.44. The Morgan fingerprint density at radius 1 is 1.28 bits per heavy atom. The predicted molar refractivity (Wildman–Crippen MR) is 93.9 cm³/mol. The van der Waals surface area contributed by atoms with Gasteiger partial charge >= 0.3 is 0 Å². The maximum atomic E-state index is 13.8. The van der Waals surface area contributed by atoms with Crippen molar-refractivity contribution in [1.82, 2.24) is 9.88 Å². The van der Waals surface area contributed by atoms with Crippen molar-refractivity contribution < 1.29 is 13.9 Å². The van der Waals surface area contributed by atoms with E-state index in [9.17, 15) is 9.18 Å². The molecule has 0 unspecified atom stereocenters. The number of methoxy groups -OCH3 is 1. The average Bonchev–Trinajstić information content (AvgIpc) is 3.10. The number of hydrogen-bond donors (Lipinski definition) is 0. The molecule has 0 N–H and O–H groups in total. The highest BCUT2D eigenvalue weighted by Crippen LogP contribution is 2.24. The Morgan fingerprint density at radius 3 is 2.80 bits per heavy atom. The van der Waals surface area contributed by atoms with E-state index < -0.39 is 5.82 Å². The van der Waals surface area contributed by atoms with Gasteiger partial charge in [-0.15, -0.1) is 0 Å². The summed E-state index contributed by atoms with van der Waals surface area (Å²) in [6.45, 7) is 0.790. The molecule has 1 aromatic carbocycles. The van der Waals surface area contributed by atoms with Gasteiger partial charge in [0.05, 0.1) is 13.5 Å². The Bertz CT molecular complexity index is 721. The van der Waals surface area contributed by atoms with Gasteiger partial charge in [0.25, 0.3) is 0 Å². The number of carbonyl (C=O) groups excluding carboxylic acids is 1. The molecule has 0 spiro atoms. The van der Waals surface area contributed by atoms with Gasteiger partial charge < -0.3 is 9.64 Å². The van der Waals surface area contributed by atoms with Crippen LogP contribution in [-0.4, -0.2) is 35.5 Å².